The van der Waals surface area contributed by atoms with E-state index in [-0.39, 0.29) is 22.8 Å². The van der Waals surface area contributed by atoms with Gasteiger partial charge in [-0.2, -0.15) is 0 Å². The maximum absolute atomic E-state index is 13.5. The topological polar surface area (TPSA) is 60.7 Å². The Morgan fingerprint density at radius 1 is 1.41 bits per heavy atom. The Labute approximate surface area is 132 Å². The summed E-state index contributed by atoms with van der Waals surface area (Å²) in [6.45, 7) is -0.228. The molecule has 0 aliphatic carbocycles. The number of carbonyl (C=O) groups is 1. The molecule has 0 unspecified atom stereocenters. The van der Waals surface area contributed by atoms with E-state index in [1.165, 1.54) is 33.9 Å². The first kappa shape index (κ1) is 14.7. The van der Waals surface area contributed by atoms with Crippen molar-refractivity contribution in [3.63, 3.8) is 0 Å². The molecule has 0 saturated heterocycles. The average Bonchev–Trinajstić information content (AvgIpc) is 2.96. The second kappa shape index (κ2) is 5.86. The lowest BCUT2D eigenvalue weighted by atomic mass is 10.2. The van der Waals surface area contributed by atoms with Gasteiger partial charge >= 0.3 is 5.97 Å². The molecule has 2 heterocycles. The van der Waals surface area contributed by atoms with Crippen LogP contribution in [0.3, 0.4) is 0 Å². The summed E-state index contributed by atoms with van der Waals surface area (Å²) >= 11 is 7.01. The van der Waals surface area contributed by atoms with Crippen molar-refractivity contribution in [1.82, 2.24) is 9.38 Å². The van der Waals surface area contributed by atoms with Gasteiger partial charge in [0, 0.05) is 22.7 Å². The molecule has 0 radical (unpaired) electrons. The second-order valence-corrected chi connectivity index (χ2v) is 5.65. The van der Waals surface area contributed by atoms with Crippen LogP contribution in [-0.4, -0.2) is 15.4 Å². The predicted octanol–water partition coefficient (Wildman–Crippen LogP) is 2.91. The van der Waals surface area contributed by atoms with E-state index >= 15 is 0 Å². The molecule has 0 atom stereocenters. The van der Waals surface area contributed by atoms with Gasteiger partial charge in [-0.15, -0.1) is 11.3 Å². The van der Waals surface area contributed by atoms with Crippen LogP contribution in [0.4, 0.5) is 4.39 Å². The molecule has 5 nitrogen and oxygen atoms in total. The molecule has 0 aliphatic heterocycles. The van der Waals surface area contributed by atoms with Gasteiger partial charge in [-0.25, -0.2) is 14.2 Å². The Balaban J connectivity index is 1.80. The minimum atomic E-state index is -0.867. The standard InChI is InChI=1S/C14H8ClFN2O3S/c15-8-1-2-11(16)10(5-8)13(20)21-7-9-6-12(19)18-3-4-22-14(18)17-9/h1-6H,7H2. The number of carbonyl (C=O) groups excluding carboxylic acids is 1. The highest BCUT2D eigenvalue weighted by molar-refractivity contribution is 7.15. The van der Waals surface area contributed by atoms with E-state index in [9.17, 15) is 14.0 Å². The fourth-order valence-corrected chi connectivity index (χ4v) is 2.74. The van der Waals surface area contributed by atoms with Gasteiger partial charge < -0.3 is 4.74 Å². The van der Waals surface area contributed by atoms with Crippen molar-refractivity contribution >= 4 is 33.9 Å². The summed E-state index contributed by atoms with van der Waals surface area (Å²) in [5.41, 5.74) is -0.240. The minimum absolute atomic E-state index is 0.227. The number of hydrogen-bond acceptors (Lipinski definition) is 5. The van der Waals surface area contributed by atoms with Crippen LogP contribution in [0.5, 0.6) is 0 Å². The Bertz CT molecular complexity index is 922. The summed E-state index contributed by atoms with van der Waals surface area (Å²) in [5, 5.41) is 1.95. The normalized spacial score (nSPS) is 10.8. The molecule has 2 aromatic heterocycles. The van der Waals surface area contributed by atoms with Crippen molar-refractivity contribution in [2.75, 3.05) is 0 Å². The number of thiazole rings is 1. The van der Waals surface area contributed by atoms with Crippen LogP contribution >= 0.6 is 22.9 Å². The summed E-state index contributed by atoms with van der Waals surface area (Å²) in [6.07, 6.45) is 1.60. The fraction of sp³-hybridized carbons (Fsp3) is 0.0714. The lowest BCUT2D eigenvalue weighted by Gasteiger charge is -2.06. The van der Waals surface area contributed by atoms with Gasteiger partial charge in [0.1, 0.15) is 12.4 Å². The number of esters is 1. The fourth-order valence-electron chi connectivity index (χ4n) is 1.83. The molecule has 0 amide bonds. The first-order valence-corrected chi connectivity index (χ1v) is 7.38. The molecule has 3 rings (SSSR count). The van der Waals surface area contributed by atoms with E-state index in [1.807, 2.05) is 0 Å². The summed E-state index contributed by atoms with van der Waals surface area (Å²) in [4.78, 5) is 28.3. The van der Waals surface area contributed by atoms with Crippen LogP contribution in [0.25, 0.3) is 4.96 Å². The predicted molar refractivity (Wildman–Crippen MR) is 79.9 cm³/mol. The average molecular weight is 339 g/mol. The number of nitrogens with zero attached hydrogens (tertiary/aromatic N) is 2. The third kappa shape index (κ3) is 2.86. The van der Waals surface area contributed by atoms with E-state index in [1.54, 1.807) is 11.6 Å². The van der Waals surface area contributed by atoms with Gasteiger partial charge in [-0.3, -0.25) is 9.20 Å². The van der Waals surface area contributed by atoms with Crippen molar-refractivity contribution in [2.24, 2.45) is 0 Å². The second-order valence-electron chi connectivity index (χ2n) is 4.34. The molecular formula is C14H8ClFN2O3S. The highest BCUT2D eigenvalue weighted by atomic mass is 35.5. The van der Waals surface area contributed by atoms with Crippen LogP contribution in [0.1, 0.15) is 16.1 Å². The van der Waals surface area contributed by atoms with E-state index < -0.39 is 11.8 Å². The highest BCUT2D eigenvalue weighted by Crippen LogP contribution is 2.16. The Hall–Kier alpha value is -2.25. The number of fused-ring (bicyclic) bond motifs is 1. The summed E-state index contributed by atoms with van der Waals surface area (Å²) in [6, 6.07) is 4.87. The molecule has 8 heteroatoms. The van der Waals surface area contributed by atoms with Gasteiger partial charge in [0.15, 0.2) is 4.96 Å². The number of benzene rings is 1. The first-order chi connectivity index (χ1) is 10.5. The number of ether oxygens (including phenoxy) is 1. The maximum Gasteiger partial charge on any atom is 0.341 e. The van der Waals surface area contributed by atoms with Gasteiger partial charge in [-0.1, -0.05) is 11.6 Å². The molecule has 0 N–H and O–H groups in total. The molecule has 0 aliphatic rings. The summed E-state index contributed by atoms with van der Waals surface area (Å²) in [5.74, 6) is -1.59. The smallest absolute Gasteiger partial charge is 0.341 e. The Kier molecular flexibility index (Phi) is 3.91. The number of hydrogen-bond donors (Lipinski definition) is 0. The Morgan fingerprint density at radius 3 is 3.05 bits per heavy atom. The van der Waals surface area contributed by atoms with Crippen molar-refractivity contribution in [1.29, 1.82) is 0 Å². The molecule has 22 heavy (non-hydrogen) atoms. The number of aromatic nitrogens is 2. The SMILES string of the molecule is O=C(OCc1cc(=O)n2ccsc2n1)c1cc(Cl)ccc1F. The lowest BCUT2D eigenvalue weighted by Crippen LogP contribution is -2.15. The molecule has 112 valence electrons. The van der Waals surface area contributed by atoms with Crippen molar-refractivity contribution in [3.05, 3.63) is 68.3 Å². The van der Waals surface area contributed by atoms with Crippen LogP contribution < -0.4 is 5.56 Å². The van der Waals surface area contributed by atoms with Gasteiger partial charge in [0.2, 0.25) is 0 Å². The number of halogens is 2. The third-order valence-electron chi connectivity index (χ3n) is 2.86. The van der Waals surface area contributed by atoms with Crippen molar-refractivity contribution < 1.29 is 13.9 Å². The quantitative estimate of drug-likeness (QED) is 0.689. The van der Waals surface area contributed by atoms with Gasteiger partial charge in [-0.05, 0) is 18.2 Å². The van der Waals surface area contributed by atoms with E-state index in [0.717, 1.165) is 6.07 Å². The molecular weight excluding hydrogens is 331 g/mol. The van der Waals surface area contributed by atoms with E-state index in [4.69, 9.17) is 16.3 Å². The Morgan fingerprint density at radius 2 is 2.23 bits per heavy atom. The van der Waals surface area contributed by atoms with Gasteiger partial charge in [0.05, 0.1) is 11.3 Å². The van der Waals surface area contributed by atoms with E-state index in [2.05, 4.69) is 4.98 Å². The molecule has 0 fully saturated rings. The summed E-state index contributed by atoms with van der Waals surface area (Å²) in [7, 11) is 0. The maximum atomic E-state index is 13.5. The molecule has 0 saturated carbocycles. The zero-order chi connectivity index (χ0) is 15.7. The summed E-state index contributed by atoms with van der Waals surface area (Å²) < 4.78 is 19.9. The van der Waals surface area contributed by atoms with Crippen LogP contribution in [0.15, 0.2) is 40.6 Å². The first-order valence-electron chi connectivity index (χ1n) is 6.12. The molecule has 1 aromatic carbocycles. The van der Waals surface area contributed by atoms with Crippen LogP contribution in [-0.2, 0) is 11.3 Å². The zero-order valence-corrected chi connectivity index (χ0v) is 12.5. The van der Waals surface area contributed by atoms with Crippen LogP contribution in [0.2, 0.25) is 5.02 Å². The largest absolute Gasteiger partial charge is 0.455 e. The minimum Gasteiger partial charge on any atom is -0.455 e. The van der Waals surface area contributed by atoms with Gasteiger partial charge in [0.25, 0.3) is 5.56 Å². The molecule has 0 spiro atoms. The zero-order valence-electron chi connectivity index (χ0n) is 11.0. The third-order valence-corrected chi connectivity index (χ3v) is 3.85. The van der Waals surface area contributed by atoms with Crippen molar-refractivity contribution in [3.8, 4) is 0 Å². The molecule has 0 bridgehead atoms. The van der Waals surface area contributed by atoms with E-state index in [0.29, 0.717) is 10.7 Å². The van der Waals surface area contributed by atoms with Crippen molar-refractivity contribution in [2.45, 2.75) is 6.61 Å². The number of rotatable bonds is 3. The lowest BCUT2D eigenvalue weighted by molar-refractivity contribution is 0.0462. The highest BCUT2D eigenvalue weighted by Gasteiger charge is 2.14. The van der Waals surface area contributed by atoms with Crippen LogP contribution in [0, 0.1) is 5.82 Å². The molecule has 3 aromatic rings. The monoisotopic (exact) mass is 338 g/mol.